The standard InChI is InChI=1S/C15H16N2O2/c1-17-12-6-8-13(9-7-12)19-10-11-4-2-3-5-14(11)15(16)18/h2-9,17H,10H2,1H3,(H2,16,18). The van der Waals surface area contributed by atoms with E-state index in [2.05, 4.69) is 5.32 Å². The van der Waals surface area contributed by atoms with Gasteiger partial charge in [-0.15, -0.1) is 0 Å². The molecular formula is C15H16N2O2. The smallest absolute Gasteiger partial charge is 0.249 e. The van der Waals surface area contributed by atoms with Gasteiger partial charge in [0.25, 0.3) is 0 Å². The van der Waals surface area contributed by atoms with Gasteiger partial charge in [-0.25, -0.2) is 0 Å². The predicted molar refractivity (Wildman–Crippen MR) is 75.3 cm³/mol. The topological polar surface area (TPSA) is 64.3 Å². The average Bonchev–Trinajstić information content (AvgIpc) is 2.46. The number of amides is 1. The Labute approximate surface area is 112 Å². The number of carbonyl (C=O) groups is 1. The lowest BCUT2D eigenvalue weighted by atomic mass is 10.1. The van der Waals surface area contributed by atoms with Crippen LogP contribution in [0.3, 0.4) is 0 Å². The molecule has 98 valence electrons. The van der Waals surface area contributed by atoms with Crippen molar-refractivity contribution in [3.8, 4) is 5.75 Å². The summed E-state index contributed by atoms with van der Waals surface area (Å²) in [5, 5.41) is 3.04. The van der Waals surface area contributed by atoms with Crippen molar-refractivity contribution < 1.29 is 9.53 Å². The Kier molecular flexibility index (Phi) is 4.03. The van der Waals surface area contributed by atoms with Crippen LogP contribution in [-0.2, 0) is 6.61 Å². The highest BCUT2D eigenvalue weighted by atomic mass is 16.5. The Bertz CT molecular complexity index is 565. The van der Waals surface area contributed by atoms with Gasteiger partial charge >= 0.3 is 0 Å². The molecule has 0 unspecified atom stereocenters. The number of anilines is 1. The molecule has 0 fully saturated rings. The molecule has 19 heavy (non-hydrogen) atoms. The Morgan fingerprint density at radius 2 is 1.84 bits per heavy atom. The van der Waals surface area contributed by atoms with E-state index in [0.29, 0.717) is 12.2 Å². The summed E-state index contributed by atoms with van der Waals surface area (Å²) in [5.74, 6) is 0.308. The minimum absolute atomic E-state index is 0.317. The van der Waals surface area contributed by atoms with Crippen molar-refractivity contribution in [2.75, 3.05) is 12.4 Å². The second-order valence-electron chi connectivity index (χ2n) is 4.08. The maximum absolute atomic E-state index is 11.3. The van der Waals surface area contributed by atoms with Crippen LogP contribution >= 0.6 is 0 Å². The molecule has 2 aromatic carbocycles. The lowest BCUT2D eigenvalue weighted by molar-refractivity contribution is 0.0998. The molecular weight excluding hydrogens is 240 g/mol. The highest BCUT2D eigenvalue weighted by Crippen LogP contribution is 2.17. The zero-order chi connectivity index (χ0) is 13.7. The first kappa shape index (κ1) is 13.0. The summed E-state index contributed by atoms with van der Waals surface area (Å²) in [6.45, 7) is 0.317. The SMILES string of the molecule is CNc1ccc(OCc2ccccc2C(N)=O)cc1. The quantitative estimate of drug-likeness (QED) is 0.863. The third-order valence-corrected chi connectivity index (χ3v) is 2.82. The van der Waals surface area contributed by atoms with Crippen molar-refractivity contribution in [2.45, 2.75) is 6.61 Å². The zero-order valence-electron chi connectivity index (χ0n) is 10.7. The summed E-state index contributed by atoms with van der Waals surface area (Å²) < 4.78 is 5.65. The molecule has 2 aromatic rings. The van der Waals surface area contributed by atoms with E-state index in [9.17, 15) is 4.79 Å². The molecule has 0 radical (unpaired) electrons. The molecule has 1 amide bonds. The molecule has 0 saturated heterocycles. The fourth-order valence-electron chi connectivity index (χ4n) is 1.77. The summed E-state index contributed by atoms with van der Waals surface area (Å²) in [4.78, 5) is 11.3. The Hall–Kier alpha value is -2.49. The number of benzene rings is 2. The number of ether oxygens (including phenoxy) is 1. The largest absolute Gasteiger partial charge is 0.489 e. The van der Waals surface area contributed by atoms with E-state index < -0.39 is 5.91 Å². The minimum Gasteiger partial charge on any atom is -0.489 e. The fourth-order valence-corrected chi connectivity index (χ4v) is 1.77. The van der Waals surface area contributed by atoms with Gasteiger partial charge in [0.1, 0.15) is 12.4 Å². The van der Waals surface area contributed by atoms with E-state index in [-0.39, 0.29) is 0 Å². The number of carbonyl (C=O) groups excluding carboxylic acids is 1. The summed E-state index contributed by atoms with van der Waals surface area (Å²) in [6, 6.07) is 14.8. The first-order valence-corrected chi connectivity index (χ1v) is 5.99. The molecule has 0 heterocycles. The van der Waals surface area contributed by atoms with Crippen molar-refractivity contribution in [3.63, 3.8) is 0 Å². The molecule has 3 N–H and O–H groups in total. The van der Waals surface area contributed by atoms with Crippen molar-refractivity contribution in [2.24, 2.45) is 5.73 Å². The van der Waals surface area contributed by atoms with Gasteiger partial charge in [0.2, 0.25) is 5.91 Å². The van der Waals surface area contributed by atoms with E-state index in [4.69, 9.17) is 10.5 Å². The van der Waals surface area contributed by atoms with Crippen LogP contribution in [0.4, 0.5) is 5.69 Å². The maximum atomic E-state index is 11.3. The monoisotopic (exact) mass is 256 g/mol. The van der Waals surface area contributed by atoms with Crippen LogP contribution in [0.1, 0.15) is 15.9 Å². The molecule has 4 heteroatoms. The molecule has 0 bridgehead atoms. The second-order valence-corrected chi connectivity index (χ2v) is 4.08. The van der Waals surface area contributed by atoms with E-state index in [1.54, 1.807) is 12.1 Å². The molecule has 0 aliphatic rings. The third kappa shape index (κ3) is 3.25. The van der Waals surface area contributed by atoms with Crippen LogP contribution in [0.25, 0.3) is 0 Å². The Morgan fingerprint density at radius 1 is 1.16 bits per heavy atom. The molecule has 0 aliphatic heterocycles. The summed E-state index contributed by atoms with van der Waals surface area (Å²) in [5.41, 5.74) is 7.62. The van der Waals surface area contributed by atoms with Crippen LogP contribution < -0.4 is 15.8 Å². The zero-order valence-corrected chi connectivity index (χ0v) is 10.7. The Balaban J connectivity index is 2.07. The summed E-state index contributed by atoms with van der Waals surface area (Å²) in [7, 11) is 1.86. The highest BCUT2D eigenvalue weighted by Gasteiger charge is 2.07. The predicted octanol–water partition coefficient (Wildman–Crippen LogP) is 2.41. The maximum Gasteiger partial charge on any atom is 0.249 e. The lowest BCUT2D eigenvalue weighted by Gasteiger charge is -2.09. The fraction of sp³-hybridized carbons (Fsp3) is 0.133. The first-order chi connectivity index (χ1) is 9.20. The van der Waals surface area contributed by atoms with Crippen LogP contribution in [0.15, 0.2) is 48.5 Å². The molecule has 0 spiro atoms. The van der Waals surface area contributed by atoms with Gasteiger partial charge in [0, 0.05) is 23.9 Å². The summed E-state index contributed by atoms with van der Waals surface area (Å²) in [6.07, 6.45) is 0. The van der Waals surface area contributed by atoms with Gasteiger partial charge in [-0.05, 0) is 30.3 Å². The molecule has 4 nitrogen and oxygen atoms in total. The average molecular weight is 256 g/mol. The van der Waals surface area contributed by atoms with Crippen LogP contribution in [0.2, 0.25) is 0 Å². The molecule has 2 rings (SSSR count). The normalized spacial score (nSPS) is 9.95. The number of primary amides is 1. The highest BCUT2D eigenvalue weighted by molar-refractivity contribution is 5.94. The van der Waals surface area contributed by atoms with Crippen molar-refractivity contribution in [1.82, 2.24) is 0 Å². The molecule has 0 saturated carbocycles. The lowest BCUT2D eigenvalue weighted by Crippen LogP contribution is -2.14. The van der Waals surface area contributed by atoms with E-state index in [0.717, 1.165) is 17.0 Å². The minimum atomic E-state index is -0.440. The van der Waals surface area contributed by atoms with Gasteiger partial charge in [0.05, 0.1) is 0 Å². The number of nitrogens with one attached hydrogen (secondary N) is 1. The second kappa shape index (κ2) is 5.91. The van der Waals surface area contributed by atoms with Gasteiger partial charge in [-0.2, -0.15) is 0 Å². The molecule has 0 aliphatic carbocycles. The molecule has 0 atom stereocenters. The van der Waals surface area contributed by atoms with Gasteiger partial charge in [0.15, 0.2) is 0 Å². The van der Waals surface area contributed by atoms with E-state index >= 15 is 0 Å². The van der Waals surface area contributed by atoms with Crippen molar-refractivity contribution in [1.29, 1.82) is 0 Å². The van der Waals surface area contributed by atoms with Gasteiger partial charge in [-0.1, -0.05) is 18.2 Å². The van der Waals surface area contributed by atoms with Crippen LogP contribution in [0, 0.1) is 0 Å². The number of hydrogen-bond acceptors (Lipinski definition) is 3. The molecule has 0 aromatic heterocycles. The van der Waals surface area contributed by atoms with Crippen molar-refractivity contribution >= 4 is 11.6 Å². The van der Waals surface area contributed by atoms with Crippen LogP contribution in [0.5, 0.6) is 5.75 Å². The van der Waals surface area contributed by atoms with Crippen LogP contribution in [-0.4, -0.2) is 13.0 Å². The van der Waals surface area contributed by atoms with E-state index in [1.165, 1.54) is 0 Å². The van der Waals surface area contributed by atoms with Gasteiger partial charge < -0.3 is 15.8 Å². The number of hydrogen-bond donors (Lipinski definition) is 2. The summed E-state index contributed by atoms with van der Waals surface area (Å²) >= 11 is 0. The Morgan fingerprint density at radius 3 is 2.47 bits per heavy atom. The first-order valence-electron chi connectivity index (χ1n) is 5.99. The van der Waals surface area contributed by atoms with E-state index in [1.807, 2.05) is 43.4 Å². The van der Waals surface area contributed by atoms with Gasteiger partial charge in [-0.3, -0.25) is 4.79 Å². The third-order valence-electron chi connectivity index (χ3n) is 2.82. The van der Waals surface area contributed by atoms with Crippen molar-refractivity contribution in [3.05, 3.63) is 59.7 Å². The number of rotatable bonds is 5. The number of nitrogens with two attached hydrogens (primary N) is 1.